The summed E-state index contributed by atoms with van der Waals surface area (Å²) in [6.45, 7) is 5.55. The van der Waals surface area contributed by atoms with Crippen LogP contribution in [-0.4, -0.2) is 49.4 Å². The number of halogens is 1. The molecule has 1 saturated heterocycles. The van der Waals surface area contributed by atoms with E-state index in [9.17, 15) is 9.59 Å². The van der Waals surface area contributed by atoms with E-state index in [0.717, 1.165) is 47.7 Å². The summed E-state index contributed by atoms with van der Waals surface area (Å²) in [5.41, 5.74) is 3.42. The minimum absolute atomic E-state index is 0.0161. The molecule has 1 aliphatic heterocycles. The Morgan fingerprint density at radius 1 is 1.07 bits per heavy atom. The highest BCUT2D eigenvalue weighted by molar-refractivity contribution is 9.10. The topological polar surface area (TPSA) is 74.3 Å². The lowest BCUT2D eigenvalue weighted by Crippen LogP contribution is -2.62. The van der Waals surface area contributed by atoms with Crippen molar-refractivity contribution >= 4 is 28.0 Å². The first kappa shape index (κ1) is 28.8. The number of piperidine rings is 1. The van der Waals surface area contributed by atoms with E-state index in [1.807, 2.05) is 35.2 Å². The molecule has 3 aliphatic rings. The van der Waals surface area contributed by atoms with Crippen LogP contribution in [0.4, 0.5) is 4.79 Å². The van der Waals surface area contributed by atoms with Crippen molar-refractivity contribution in [3.63, 3.8) is 0 Å². The van der Waals surface area contributed by atoms with Crippen LogP contribution in [0.5, 0.6) is 11.5 Å². The molecule has 1 amide bonds. The van der Waals surface area contributed by atoms with Gasteiger partial charge in [0.25, 0.3) is 0 Å². The molecule has 216 valence electrons. The normalized spacial score (nSPS) is 23.0. The van der Waals surface area contributed by atoms with Gasteiger partial charge in [-0.2, -0.15) is 0 Å². The lowest BCUT2D eigenvalue weighted by molar-refractivity contribution is -0.145. The Balaban J connectivity index is 1.47. The third-order valence-corrected chi connectivity index (χ3v) is 9.67. The number of rotatable bonds is 10. The van der Waals surface area contributed by atoms with Crippen LogP contribution in [-0.2, 0) is 32.7 Å². The second-order valence-electron chi connectivity index (χ2n) is 11.1. The fourth-order valence-electron chi connectivity index (χ4n) is 6.99. The zero-order valence-electron chi connectivity index (χ0n) is 23.6. The van der Waals surface area contributed by atoms with Crippen molar-refractivity contribution < 1.29 is 28.5 Å². The molecule has 2 aromatic rings. The van der Waals surface area contributed by atoms with Crippen LogP contribution >= 0.6 is 15.9 Å². The lowest BCUT2D eigenvalue weighted by atomic mass is 9.52. The zero-order valence-corrected chi connectivity index (χ0v) is 25.2. The van der Waals surface area contributed by atoms with Gasteiger partial charge < -0.3 is 23.8 Å². The van der Waals surface area contributed by atoms with E-state index in [0.29, 0.717) is 43.6 Å². The Kier molecular flexibility index (Phi) is 9.24. The summed E-state index contributed by atoms with van der Waals surface area (Å²) in [4.78, 5) is 27.6. The van der Waals surface area contributed by atoms with E-state index in [4.69, 9.17) is 18.9 Å². The molecule has 2 bridgehead atoms. The number of benzene rings is 2. The molecule has 8 heteroatoms. The molecule has 0 aromatic heterocycles. The van der Waals surface area contributed by atoms with Crippen LogP contribution in [0.3, 0.4) is 0 Å². The average molecular weight is 615 g/mol. The highest BCUT2D eigenvalue weighted by Gasteiger charge is 2.56. The first-order chi connectivity index (χ1) is 19.5. The smallest absolute Gasteiger partial charge is 0.410 e. The Labute approximate surface area is 245 Å². The second-order valence-corrected chi connectivity index (χ2v) is 11.9. The Morgan fingerprint density at radius 3 is 2.67 bits per heavy atom. The number of nitrogens with zero attached hydrogens (tertiary/aromatic N) is 1. The predicted octanol–water partition coefficient (Wildman–Crippen LogP) is 6.97. The number of ether oxygens (including phenoxy) is 4. The van der Waals surface area contributed by atoms with Crippen LogP contribution in [0.25, 0.3) is 0 Å². The van der Waals surface area contributed by atoms with Crippen LogP contribution in [0.1, 0.15) is 75.5 Å². The quantitative estimate of drug-likeness (QED) is 0.213. The molecule has 0 spiro atoms. The highest BCUT2D eigenvalue weighted by Crippen LogP contribution is 2.59. The molecular formula is C32H40BrNO6. The summed E-state index contributed by atoms with van der Waals surface area (Å²) in [5, 5.41) is 0. The molecule has 1 heterocycles. The molecule has 5 rings (SSSR count). The summed E-state index contributed by atoms with van der Waals surface area (Å²) in [5.74, 6) is 1.16. The summed E-state index contributed by atoms with van der Waals surface area (Å²) >= 11 is 3.86. The van der Waals surface area contributed by atoms with Crippen molar-refractivity contribution in [3.05, 3.63) is 57.6 Å². The van der Waals surface area contributed by atoms with Crippen LogP contribution < -0.4 is 9.47 Å². The van der Waals surface area contributed by atoms with Crippen molar-refractivity contribution in [3.8, 4) is 11.5 Å². The lowest BCUT2D eigenvalue weighted by Gasteiger charge is -2.58. The Bertz CT molecular complexity index is 1200. The van der Waals surface area contributed by atoms with Gasteiger partial charge in [-0.1, -0.05) is 56.5 Å². The molecule has 2 aliphatic carbocycles. The van der Waals surface area contributed by atoms with Gasteiger partial charge in [-0.3, -0.25) is 0 Å². The number of fused-ring (bicyclic) bond motifs is 1. The largest absolute Gasteiger partial charge is 0.490 e. The molecule has 1 saturated carbocycles. The van der Waals surface area contributed by atoms with E-state index in [-0.39, 0.29) is 30.8 Å². The Hall–Kier alpha value is -2.74. The van der Waals surface area contributed by atoms with E-state index in [1.165, 1.54) is 18.4 Å². The molecule has 0 N–H and O–H groups in total. The van der Waals surface area contributed by atoms with Gasteiger partial charge in [0.15, 0.2) is 18.1 Å². The van der Waals surface area contributed by atoms with E-state index in [1.54, 1.807) is 6.92 Å². The van der Waals surface area contributed by atoms with Gasteiger partial charge in [-0.15, -0.1) is 0 Å². The monoisotopic (exact) mass is 613 g/mol. The van der Waals surface area contributed by atoms with E-state index < -0.39 is 5.97 Å². The maximum absolute atomic E-state index is 13.4. The van der Waals surface area contributed by atoms with Crippen LogP contribution in [0.15, 0.2) is 40.9 Å². The molecule has 40 heavy (non-hydrogen) atoms. The first-order valence-corrected chi connectivity index (χ1v) is 15.5. The second kappa shape index (κ2) is 12.8. The highest BCUT2D eigenvalue weighted by atomic mass is 79.9. The van der Waals surface area contributed by atoms with Gasteiger partial charge in [0, 0.05) is 18.0 Å². The van der Waals surface area contributed by atoms with Gasteiger partial charge in [0.2, 0.25) is 0 Å². The van der Waals surface area contributed by atoms with Crippen molar-refractivity contribution in [2.24, 2.45) is 5.92 Å². The number of esters is 1. The minimum Gasteiger partial charge on any atom is -0.490 e. The van der Waals surface area contributed by atoms with Crippen molar-refractivity contribution in [1.29, 1.82) is 0 Å². The predicted molar refractivity (Wildman–Crippen MR) is 156 cm³/mol. The minimum atomic E-state index is -0.415. The zero-order chi connectivity index (χ0) is 28.1. The van der Waals surface area contributed by atoms with Gasteiger partial charge in [-0.05, 0) is 83.6 Å². The maximum atomic E-state index is 13.4. The summed E-state index contributed by atoms with van der Waals surface area (Å²) < 4.78 is 24.1. The molecule has 3 atom stereocenters. The number of hydrogen-bond donors (Lipinski definition) is 0. The SMILES string of the molecule is CCCCOc1cc2c(c(Br)c1OCC(=O)OCC)C[C@H]1C3CCCC[C@@]23CCN1C(=O)OCc1ccccc1. The first-order valence-electron chi connectivity index (χ1n) is 14.7. The van der Waals surface area contributed by atoms with Gasteiger partial charge in [0.1, 0.15) is 6.61 Å². The molecule has 7 nitrogen and oxygen atoms in total. The maximum Gasteiger partial charge on any atom is 0.410 e. The average Bonchev–Trinajstić information content (AvgIpc) is 2.97. The number of amides is 1. The standard InChI is InChI=1S/C32H40BrNO6/c1-3-5-17-38-27-19-25-23(29(33)30(27)39-21-28(35)37-4-2)18-26-24-13-9-10-14-32(24,25)15-16-34(26)31(36)40-20-22-11-7-6-8-12-22/h6-8,11-12,19,24,26H,3-5,9-10,13-18,20-21H2,1-2H3/t24?,26-,32-/m0/s1. The number of hydrogen-bond acceptors (Lipinski definition) is 6. The fraction of sp³-hybridized carbons (Fsp3) is 0.562. The number of unbranched alkanes of at least 4 members (excludes halogenated alkanes) is 1. The van der Waals surface area contributed by atoms with Crippen molar-refractivity contribution in [1.82, 2.24) is 4.90 Å². The molecule has 2 aromatic carbocycles. The Morgan fingerprint density at radius 2 is 1.90 bits per heavy atom. The molecule has 0 radical (unpaired) electrons. The van der Waals surface area contributed by atoms with Crippen LogP contribution in [0.2, 0.25) is 0 Å². The van der Waals surface area contributed by atoms with Crippen molar-refractivity contribution in [2.75, 3.05) is 26.4 Å². The van der Waals surface area contributed by atoms with Gasteiger partial charge >= 0.3 is 12.1 Å². The number of carbonyl (C=O) groups excluding carboxylic acids is 2. The molecular weight excluding hydrogens is 574 g/mol. The third-order valence-electron chi connectivity index (χ3n) is 8.83. The summed E-state index contributed by atoms with van der Waals surface area (Å²) in [6.07, 6.45) is 7.84. The van der Waals surface area contributed by atoms with E-state index >= 15 is 0 Å². The van der Waals surface area contributed by atoms with E-state index in [2.05, 4.69) is 28.9 Å². The number of carbonyl (C=O) groups is 2. The van der Waals surface area contributed by atoms with Gasteiger partial charge in [0.05, 0.1) is 17.7 Å². The summed E-state index contributed by atoms with van der Waals surface area (Å²) in [6, 6.07) is 12.0. The molecule has 2 fully saturated rings. The number of likely N-dealkylation sites (tertiary alicyclic amines) is 1. The fourth-order valence-corrected chi connectivity index (χ4v) is 7.68. The summed E-state index contributed by atoms with van der Waals surface area (Å²) in [7, 11) is 0. The van der Waals surface area contributed by atoms with Crippen LogP contribution in [0, 0.1) is 5.92 Å². The van der Waals surface area contributed by atoms with Gasteiger partial charge in [-0.25, -0.2) is 9.59 Å². The van der Waals surface area contributed by atoms with Crippen molar-refractivity contribution in [2.45, 2.75) is 83.3 Å². The third kappa shape index (κ3) is 5.69. The molecule has 1 unspecified atom stereocenters.